The van der Waals surface area contributed by atoms with Gasteiger partial charge in [-0.2, -0.15) is 5.10 Å². The maximum absolute atomic E-state index is 12.6. The van der Waals surface area contributed by atoms with Crippen LogP contribution in [-0.2, 0) is 18.4 Å². The average molecular weight is 361 g/mol. The number of amides is 1. The zero-order chi connectivity index (χ0) is 18.5. The molecular formula is C18H31N7O. The highest BCUT2D eigenvalue weighted by atomic mass is 16.2. The topological polar surface area (TPSA) is 69.0 Å². The molecule has 0 aliphatic carbocycles. The summed E-state index contributed by atoms with van der Waals surface area (Å²) in [6.07, 6.45) is 4.09. The molecule has 26 heavy (non-hydrogen) atoms. The van der Waals surface area contributed by atoms with E-state index in [0.29, 0.717) is 6.54 Å². The first-order valence-corrected chi connectivity index (χ1v) is 9.55. The molecule has 3 rings (SSSR count). The van der Waals surface area contributed by atoms with Gasteiger partial charge < -0.3 is 15.1 Å². The lowest BCUT2D eigenvalue weighted by Gasteiger charge is -2.39. The summed E-state index contributed by atoms with van der Waals surface area (Å²) in [5.74, 6) is 1.19. The number of hydrogen-bond donors (Lipinski definition) is 1. The van der Waals surface area contributed by atoms with E-state index in [1.165, 1.54) is 0 Å². The monoisotopic (exact) mass is 361 g/mol. The van der Waals surface area contributed by atoms with Crippen molar-refractivity contribution < 1.29 is 4.79 Å². The van der Waals surface area contributed by atoms with Gasteiger partial charge in [0.05, 0.1) is 18.3 Å². The van der Waals surface area contributed by atoms with E-state index in [9.17, 15) is 4.79 Å². The Morgan fingerprint density at radius 1 is 1.19 bits per heavy atom. The van der Waals surface area contributed by atoms with Crippen LogP contribution in [-0.4, -0.2) is 88.7 Å². The van der Waals surface area contributed by atoms with Crippen LogP contribution in [0.1, 0.15) is 25.5 Å². The second-order valence-electron chi connectivity index (χ2n) is 7.08. The van der Waals surface area contributed by atoms with Gasteiger partial charge in [-0.25, -0.2) is 0 Å². The van der Waals surface area contributed by atoms with Crippen molar-refractivity contribution in [2.75, 3.05) is 46.3 Å². The summed E-state index contributed by atoms with van der Waals surface area (Å²) in [4.78, 5) is 23.6. The fourth-order valence-electron chi connectivity index (χ4n) is 3.76. The van der Waals surface area contributed by atoms with Crippen molar-refractivity contribution in [3.8, 4) is 0 Å². The van der Waals surface area contributed by atoms with Crippen LogP contribution < -0.4 is 5.32 Å². The number of aliphatic imine (C=N–C) groups is 1. The maximum Gasteiger partial charge on any atom is 0.239 e. The third kappa shape index (κ3) is 4.17. The summed E-state index contributed by atoms with van der Waals surface area (Å²) < 4.78 is 1.86. The van der Waals surface area contributed by atoms with Crippen molar-refractivity contribution in [1.29, 1.82) is 0 Å². The quantitative estimate of drug-likeness (QED) is 0.610. The number of piperazine rings is 1. The van der Waals surface area contributed by atoms with E-state index in [1.807, 2.05) is 36.7 Å². The summed E-state index contributed by atoms with van der Waals surface area (Å²) in [5.41, 5.74) is 1.12. The first-order chi connectivity index (χ1) is 12.6. The number of aromatic nitrogens is 2. The van der Waals surface area contributed by atoms with Gasteiger partial charge in [0.1, 0.15) is 0 Å². The fraction of sp³-hybridized carbons (Fsp3) is 0.722. The molecule has 0 saturated carbocycles. The van der Waals surface area contributed by atoms with Gasteiger partial charge in [0.15, 0.2) is 5.96 Å². The van der Waals surface area contributed by atoms with Crippen LogP contribution in [0.25, 0.3) is 0 Å². The lowest BCUT2D eigenvalue weighted by molar-refractivity contribution is -0.135. The Balaban J connectivity index is 1.48. The largest absolute Gasteiger partial charge is 0.351 e. The summed E-state index contributed by atoms with van der Waals surface area (Å²) >= 11 is 0. The normalized spacial score (nSPS) is 20.5. The minimum atomic E-state index is -0.0281. The van der Waals surface area contributed by atoms with Crippen LogP contribution in [0.4, 0.5) is 0 Å². The lowest BCUT2D eigenvalue weighted by Crippen LogP contribution is -2.57. The van der Waals surface area contributed by atoms with Gasteiger partial charge in [-0.05, 0) is 25.8 Å². The highest BCUT2D eigenvalue weighted by Crippen LogP contribution is 2.14. The van der Waals surface area contributed by atoms with Crippen LogP contribution in [0, 0.1) is 0 Å². The summed E-state index contributed by atoms with van der Waals surface area (Å²) in [7, 11) is 3.76. The number of nitrogens with one attached hydrogen (secondary N) is 1. The molecule has 0 spiro atoms. The molecule has 2 saturated heterocycles. The third-order valence-electron chi connectivity index (χ3n) is 5.50. The van der Waals surface area contributed by atoms with Gasteiger partial charge in [-0.1, -0.05) is 0 Å². The molecule has 8 nitrogen and oxygen atoms in total. The van der Waals surface area contributed by atoms with Crippen molar-refractivity contribution in [3.63, 3.8) is 0 Å². The predicted octanol–water partition coefficient (Wildman–Crippen LogP) is 0.124. The van der Waals surface area contributed by atoms with Crippen molar-refractivity contribution in [2.24, 2.45) is 12.0 Å². The fourth-order valence-corrected chi connectivity index (χ4v) is 3.76. The smallest absolute Gasteiger partial charge is 0.239 e. The summed E-state index contributed by atoms with van der Waals surface area (Å²) in [5, 5.41) is 7.61. The van der Waals surface area contributed by atoms with Gasteiger partial charge in [-0.15, -0.1) is 0 Å². The van der Waals surface area contributed by atoms with Gasteiger partial charge in [0.25, 0.3) is 0 Å². The Hall–Kier alpha value is -2.09. The molecule has 8 heteroatoms. The van der Waals surface area contributed by atoms with Gasteiger partial charge >= 0.3 is 0 Å². The molecule has 1 unspecified atom stereocenters. The number of rotatable bonds is 4. The Morgan fingerprint density at radius 2 is 1.88 bits per heavy atom. The molecule has 1 aromatic heterocycles. The number of nitrogens with zero attached hydrogens (tertiary/aromatic N) is 6. The number of hydrogen-bond acceptors (Lipinski definition) is 4. The molecule has 1 atom stereocenters. The highest BCUT2D eigenvalue weighted by Gasteiger charge is 2.30. The maximum atomic E-state index is 12.6. The molecule has 0 bridgehead atoms. The zero-order valence-electron chi connectivity index (χ0n) is 16.2. The third-order valence-corrected chi connectivity index (χ3v) is 5.50. The van der Waals surface area contributed by atoms with E-state index < -0.39 is 0 Å². The van der Waals surface area contributed by atoms with E-state index in [0.717, 1.165) is 63.8 Å². The van der Waals surface area contributed by atoms with E-state index >= 15 is 0 Å². The van der Waals surface area contributed by atoms with Crippen molar-refractivity contribution in [1.82, 2.24) is 29.8 Å². The minimum absolute atomic E-state index is 0.0281. The lowest BCUT2D eigenvalue weighted by atomic mass is 10.2. The van der Waals surface area contributed by atoms with E-state index in [-0.39, 0.29) is 11.9 Å². The Labute approximate surface area is 155 Å². The van der Waals surface area contributed by atoms with Gasteiger partial charge in [0, 0.05) is 59.6 Å². The van der Waals surface area contributed by atoms with Crippen LogP contribution in [0.3, 0.4) is 0 Å². The molecule has 1 amide bonds. The van der Waals surface area contributed by atoms with Crippen LogP contribution in [0.15, 0.2) is 17.3 Å². The number of likely N-dealkylation sites (tertiary alicyclic amines) is 1. The van der Waals surface area contributed by atoms with E-state index in [1.54, 1.807) is 6.20 Å². The van der Waals surface area contributed by atoms with Crippen LogP contribution in [0.5, 0.6) is 0 Å². The van der Waals surface area contributed by atoms with Gasteiger partial charge in [-0.3, -0.25) is 19.4 Å². The number of carbonyl (C=O) groups excluding carboxylic acids is 1. The van der Waals surface area contributed by atoms with Crippen molar-refractivity contribution in [2.45, 2.75) is 32.4 Å². The molecule has 2 aliphatic heterocycles. The van der Waals surface area contributed by atoms with E-state index in [4.69, 9.17) is 0 Å². The standard InChI is InChI=1S/C18H31N7O/c1-15(17(26)24-8-4-5-9-24)23-10-12-25(13-11-23)18(19-2)20-14-16-6-7-21-22(16)3/h6-7,15H,4-5,8-14H2,1-3H3,(H,19,20). The molecule has 1 N–H and O–H groups in total. The van der Waals surface area contributed by atoms with Crippen molar-refractivity contribution in [3.05, 3.63) is 18.0 Å². The summed E-state index contributed by atoms with van der Waals surface area (Å²) in [6, 6.07) is 1.98. The van der Waals surface area contributed by atoms with Crippen molar-refractivity contribution >= 4 is 11.9 Å². The molecule has 0 aromatic carbocycles. The van der Waals surface area contributed by atoms with E-state index in [2.05, 4.69) is 25.2 Å². The second-order valence-corrected chi connectivity index (χ2v) is 7.08. The average Bonchev–Trinajstić information content (AvgIpc) is 3.34. The summed E-state index contributed by atoms with van der Waals surface area (Å²) in [6.45, 7) is 8.12. The molecule has 3 heterocycles. The highest BCUT2D eigenvalue weighted by molar-refractivity contribution is 5.82. The number of carbonyl (C=O) groups is 1. The van der Waals surface area contributed by atoms with Gasteiger partial charge in [0.2, 0.25) is 5.91 Å². The first-order valence-electron chi connectivity index (χ1n) is 9.55. The molecule has 2 fully saturated rings. The van der Waals surface area contributed by atoms with Crippen LogP contribution in [0.2, 0.25) is 0 Å². The molecule has 144 valence electrons. The minimum Gasteiger partial charge on any atom is -0.351 e. The number of aryl methyl sites for hydroxylation is 1. The molecule has 2 aliphatic rings. The molecule has 0 radical (unpaired) electrons. The SMILES string of the molecule is CN=C(NCc1ccnn1C)N1CCN(C(C)C(=O)N2CCCC2)CC1. The number of guanidine groups is 1. The molecular weight excluding hydrogens is 330 g/mol. The second kappa shape index (κ2) is 8.53. The Kier molecular flexibility index (Phi) is 6.13. The molecule has 1 aromatic rings. The van der Waals surface area contributed by atoms with Crippen LogP contribution >= 0.6 is 0 Å². The first kappa shape index (κ1) is 18.7. The Bertz CT molecular complexity index is 627. The predicted molar refractivity (Wildman–Crippen MR) is 102 cm³/mol. The zero-order valence-corrected chi connectivity index (χ0v) is 16.2. The Morgan fingerprint density at radius 3 is 2.46 bits per heavy atom.